The summed E-state index contributed by atoms with van der Waals surface area (Å²) in [6.07, 6.45) is 2.72. The SMILES string of the molecule is N#CC1(C[O])CCC1. The van der Waals surface area contributed by atoms with Crippen LogP contribution in [0.25, 0.3) is 0 Å². The summed E-state index contributed by atoms with van der Waals surface area (Å²) in [5.41, 5.74) is -0.444. The average Bonchev–Trinajstić information content (AvgIpc) is 1.67. The Hall–Kier alpha value is -0.550. The zero-order valence-corrected chi connectivity index (χ0v) is 4.68. The summed E-state index contributed by atoms with van der Waals surface area (Å²) < 4.78 is 0. The zero-order chi connectivity index (χ0) is 6.04. The summed E-state index contributed by atoms with van der Waals surface area (Å²) in [5.74, 6) is 0. The third-order valence-corrected chi connectivity index (χ3v) is 1.82. The standard InChI is InChI=1S/C6H8NO/c7-4-6(5-8)2-1-3-6/h1-3,5H2. The van der Waals surface area contributed by atoms with Crippen LogP contribution in [0.4, 0.5) is 0 Å². The molecule has 0 aromatic rings. The van der Waals surface area contributed by atoms with Crippen molar-refractivity contribution in [2.75, 3.05) is 6.61 Å². The molecular weight excluding hydrogens is 102 g/mol. The Labute approximate surface area is 48.7 Å². The fourth-order valence-corrected chi connectivity index (χ4v) is 0.892. The van der Waals surface area contributed by atoms with Gasteiger partial charge in [0.05, 0.1) is 11.5 Å². The van der Waals surface area contributed by atoms with Crippen LogP contribution in [0.15, 0.2) is 0 Å². The van der Waals surface area contributed by atoms with Gasteiger partial charge in [0.25, 0.3) is 0 Å². The van der Waals surface area contributed by atoms with Gasteiger partial charge in [-0.05, 0) is 12.8 Å². The average molecular weight is 110 g/mol. The normalized spacial score (nSPS) is 23.5. The molecule has 1 aliphatic carbocycles. The maximum atomic E-state index is 10.2. The highest BCUT2D eigenvalue weighted by Crippen LogP contribution is 2.39. The largest absolute Gasteiger partial charge is 0.235 e. The first-order valence-electron chi connectivity index (χ1n) is 2.82. The molecule has 0 aromatic carbocycles. The molecule has 0 spiro atoms. The molecule has 43 valence electrons. The first-order valence-corrected chi connectivity index (χ1v) is 2.82. The Morgan fingerprint density at radius 3 is 2.25 bits per heavy atom. The van der Waals surface area contributed by atoms with Crippen molar-refractivity contribution >= 4 is 0 Å². The highest BCUT2D eigenvalue weighted by Gasteiger charge is 2.36. The first-order chi connectivity index (χ1) is 3.83. The molecule has 0 aliphatic heterocycles. The zero-order valence-electron chi connectivity index (χ0n) is 4.68. The Balaban J connectivity index is 2.49. The molecule has 2 heteroatoms. The fourth-order valence-electron chi connectivity index (χ4n) is 0.892. The number of rotatable bonds is 1. The monoisotopic (exact) mass is 110 g/mol. The van der Waals surface area contributed by atoms with Gasteiger partial charge in [-0.2, -0.15) is 5.26 Å². The Morgan fingerprint density at radius 1 is 1.62 bits per heavy atom. The molecule has 0 amide bonds. The lowest BCUT2D eigenvalue weighted by atomic mass is 9.71. The van der Waals surface area contributed by atoms with E-state index in [1.807, 2.05) is 0 Å². The van der Waals surface area contributed by atoms with Crippen LogP contribution in [-0.2, 0) is 5.11 Å². The van der Waals surface area contributed by atoms with Crippen LogP contribution >= 0.6 is 0 Å². The van der Waals surface area contributed by atoms with E-state index in [9.17, 15) is 5.11 Å². The number of nitrogens with zero attached hydrogens (tertiary/aromatic N) is 1. The molecule has 1 fully saturated rings. The summed E-state index contributed by atoms with van der Waals surface area (Å²) in [6, 6.07) is 2.05. The van der Waals surface area contributed by atoms with E-state index in [1.165, 1.54) is 0 Å². The van der Waals surface area contributed by atoms with E-state index in [4.69, 9.17) is 5.26 Å². The minimum absolute atomic E-state index is 0.205. The lowest BCUT2D eigenvalue weighted by Crippen LogP contribution is -2.30. The van der Waals surface area contributed by atoms with E-state index in [0.29, 0.717) is 0 Å². The topological polar surface area (TPSA) is 43.7 Å². The highest BCUT2D eigenvalue weighted by molar-refractivity contribution is 5.03. The van der Waals surface area contributed by atoms with Gasteiger partial charge in [0.15, 0.2) is 0 Å². The van der Waals surface area contributed by atoms with Crippen molar-refractivity contribution < 1.29 is 5.11 Å². The van der Waals surface area contributed by atoms with E-state index in [1.54, 1.807) is 0 Å². The maximum Gasteiger partial charge on any atom is 0.101 e. The molecule has 0 atom stereocenters. The Morgan fingerprint density at radius 2 is 2.25 bits per heavy atom. The minimum Gasteiger partial charge on any atom is -0.235 e. The molecule has 0 bridgehead atoms. The van der Waals surface area contributed by atoms with Gasteiger partial charge in [-0.1, -0.05) is 6.42 Å². The van der Waals surface area contributed by atoms with Gasteiger partial charge in [0, 0.05) is 0 Å². The predicted octanol–water partition coefficient (Wildman–Crippen LogP) is 1.11. The minimum atomic E-state index is -0.444. The van der Waals surface area contributed by atoms with Crippen molar-refractivity contribution in [1.29, 1.82) is 5.26 Å². The van der Waals surface area contributed by atoms with Crippen molar-refractivity contribution in [3.63, 3.8) is 0 Å². The van der Waals surface area contributed by atoms with Crippen LogP contribution in [0.2, 0.25) is 0 Å². The number of hydrogen-bond acceptors (Lipinski definition) is 1. The molecule has 1 rings (SSSR count). The molecule has 1 saturated carbocycles. The van der Waals surface area contributed by atoms with E-state index in [2.05, 4.69) is 6.07 Å². The smallest absolute Gasteiger partial charge is 0.101 e. The molecular formula is C6H8NO. The second kappa shape index (κ2) is 1.75. The van der Waals surface area contributed by atoms with Crippen LogP contribution in [0, 0.1) is 16.7 Å². The predicted molar refractivity (Wildman–Crippen MR) is 27.5 cm³/mol. The molecule has 1 aliphatic rings. The fraction of sp³-hybridized carbons (Fsp3) is 0.833. The van der Waals surface area contributed by atoms with Gasteiger partial charge in [-0.25, -0.2) is 5.11 Å². The van der Waals surface area contributed by atoms with Gasteiger partial charge >= 0.3 is 0 Å². The Bertz CT molecular complexity index is 115. The molecule has 0 N–H and O–H groups in total. The van der Waals surface area contributed by atoms with E-state index < -0.39 is 5.41 Å². The van der Waals surface area contributed by atoms with Crippen LogP contribution in [-0.4, -0.2) is 6.61 Å². The van der Waals surface area contributed by atoms with E-state index in [-0.39, 0.29) is 6.61 Å². The lowest BCUT2D eigenvalue weighted by Gasteiger charge is -2.31. The quantitative estimate of drug-likeness (QED) is 0.498. The second-order valence-electron chi connectivity index (χ2n) is 2.39. The molecule has 0 heterocycles. The van der Waals surface area contributed by atoms with Gasteiger partial charge in [0.2, 0.25) is 0 Å². The lowest BCUT2D eigenvalue weighted by molar-refractivity contribution is 0.0516. The van der Waals surface area contributed by atoms with Gasteiger partial charge < -0.3 is 0 Å². The maximum absolute atomic E-state index is 10.2. The number of nitriles is 1. The van der Waals surface area contributed by atoms with Crippen molar-refractivity contribution in [3.8, 4) is 6.07 Å². The highest BCUT2D eigenvalue weighted by atomic mass is 16.3. The molecule has 2 nitrogen and oxygen atoms in total. The van der Waals surface area contributed by atoms with Crippen molar-refractivity contribution in [2.45, 2.75) is 19.3 Å². The molecule has 8 heavy (non-hydrogen) atoms. The molecule has 1 radical (unpaired) electrons. The number of hydrogen-bond donors (Lipinski definition) is 0. The molecule has 0 unspecified atom stereocenters. The van der Waals surface area contributed by atoms with E-state index in [0.717, 1.165) is 19.3 Å². The summed E-state index contributed by atoms with van der Waals surface area (Å²) in [6.45, 7) is -0.205. The summed E-state index contributed by atoms with van der Waals surface area (Å²) in [7, 11) is 0. The second-order valence-corrected chi connectivity index (χ2v) is 2.39. The Kier molecular flexibility index (Phi) is 1.22. The van der Waals surface area contributed by atoms with E-state index >= 15 is 0 Å². The third kappa shape index (κ3) is 0.597. The summed E-state index contributed by atoms with van der Waals surface area (Å²) in [5, 5.41) is 18.6. The van der Waals surface area contributed by atoms with Gasteiger partial charge in [-0.3, -0.25) is 0 Å². The molecule has 0 saturated heterocycles. The van der Waals surface area contributed by atoms with Crippen LogP contribution in [0.1, 0.15) is 19.3 Å². The van der Waals surface area contributed by atoms with Gasteiger partial charge in [0.1, 0.15) is 6.61 Å². The third-order valence-electron chi connectivity index (χ3n) is 1.82. The van der Waals surface area contributed by atoms with Crippen LogP contribution in [0.3, 0.4) is 0 Å². The van der Waals surface area contributed by atoms with Crippen LogP contribution < -0.4 is 0 Å². The van der Waals surface area contributed by atoms with Crippen molar-refractivity contribution in [3.05, 3.63) is 0 Å². The first kappa shape index (κ1) is 5.58. The van der Waals surface area contributed by atoms with Gasteiger partial charge in [-0.15, -0.1) is 0 Å². The van der Waals surface area contributed by atoms with Crippen LogP contribution in [0.5, 0.6) is 0 Å². The molecule has 0 aromatic heterocycles. The van der Waals surface area contributed by atoms with Crippen molar-refractivity contribution in [2.24, 2.45) is 5.41 Å². The summed E-state index contributed by atoms with van der Waals surface area (Å²) >= 11 is 0. The summed E-state index contributed by atoms with van der Waals surface area (Å²) in [4.78, 5) is 0. The van der Waals surface area contributed by atoms with Crippen molar-refractivity contribution in [1.82, 2.24) is 0 Å².